The van der Waals surface area contributed by atoms with Gasteiger partial charge in [-0.1, -0.05) is 6.07 Å². The average Bonchev–Trinajstić information content (AvgIpc) is 3.10. The van der Waals surface area contributed by atoms with E-state index in [1.807, 2.05) is 0 Å². The molecule has 1 aromatic heterocycles. The lowest BCUT2D eigenvalue weighted by atomic mass is 10.2. The van der Waals surface area contributed by atoms with Crippen molar-refractivity contribution in [1.82, 2.24) is 9.88 Å². The van der Waals surface area contributed by atoms with Gasteiger partial charge in [-0.05, 0) is 43.2 Å². The second-order valence-electron chi connectivity index (χ2n) is 5.40. The number of urea groups is 1. The molecule has 6 heteroatoms. The Morgan fingerprint density at radius 3 is 2.43 bits per heavy atom. The molecule has 1 aromatic carbocycles. The first-order chi connectivity index (χ1) is 11.2. The van der Waals surface area contributed by atoms with Gasteiger partial charge in [0, 0.05) is 36.9 Å². The van der Waals surface area contributed by atoms with Crippen molar-refractivity contribution in [2.45, 2.75) is 12.8 Å². The highest BCUT2D eigenvalue weighted by Gasteiger charge is 2.17. The molecule has 23 heavy (non-hydrogen) atoms. The zero-order valence-electron chi connectivity index (χ0n) is 12.7. The zero-order valence-corrected chi connectivity index (χ0v) is 12.7. The minimum absolute atomic E-state index is 0.0989. The van der Waals surface area contributed by atoms with Crippen molar-refractivity contribution in [3.63, 3.8) is 0 Å². The van der Waals surface area contributed by atoms with Crippen LogP contribution in [0.1, 0.15) is 23.2 Å². The van der Waals surface area contributed by atoms with Crippen molar-refractivity contribution < 1.29 is 9.59 Å². The number of pyridine rings is 1. The van der Waals surface area contributed by atoms with Crippen LogP contribution in [0.3, 0.4) is 0 Å². The maximum atomic E-state index is 12.1. The highest BCUT2D eigenvalue weighted by Crippen LogP contribution is 2.17. The number of carbonyl (C=O) groups excluding carboxylic acids is 2. The zero-order chi connectivity index (χ0) is 16.1. The largest absolute Gasteiger partial charge is 0.325 e. The molecule has 2 N–H and O–H groups in total. The Morgan fingerprint density at radius 1 is 1.00 bits per heavy atom. The third kappa shape index (κ3) is 3.85. The van der Waals surface area contributed by atoms with E-state index in [1.165, 1.54) is 6.20 Å². The Balaban J connectivity index is 1.65. The van der Waals surface area contributed by atoms with Crippen LogP contribution in [0.25, 0.3) is 0 Å². The number of carbonyl (C=O) groups is 2. The Labute approximate surface area is 134 Å². The minimum Gasteiger partial charge on any atom is -0.325 e. The van der Waals surface area contributed by atoms with E-state index in [-0.39, 0.29) is 11.9 Å². The first-order valence-electron chi connectivity index (χ1n) is 7.60. The van der Waals surface area contributed by atoms with Crippen molar-refractivity contribution in [3.8, 4) is 0 Å². The summed E-state index contributed by atoms with van der Waals surface area (Å²) < 4.78 is 0. The second-order valence-corrected chi connectivity index (χ2v) is 5.40. The molecule has 6 nitrogen and oxygen atoms in total. The van der Waals surface area contributed by atoms with Crippen LogP contribution in [-0.2, 0) is 0 Å². The predicted octanol–water partition coefficient (Wildman–Crippen LogP) is 2.96. The molecule has 2 aromatic rings. The summed E-state index contributed by atoms with van der Waals surface area (Å²) in [7, 11) is 0. The van der Waals surface area contributed by atoms with Crippen LogP contribution in [0, 0.1) is 0 Å². The van der Waals surface area contributed by atoms with Crippen molar-refractivity contribution in [2.24, 2.45) is 0 Å². The molecule has 0 radical (unpaired) electrons. The fraction of sp³-hybridized carbons (Fsp3) is 0.235. The molecule has 2 heterocycles. The smallest absolute Gasteiger partial charge is 0.321 e. The van der Waals surface area contributed by atoms with Gasteiger partial charge in [0.05, 0.1) is 5.56 Å². The van der Waals surface area contributed by atoms with Gasteiger partial charge in [0.2, 0.25) is 0 Å². The second kappa shape index (κ2) is 6.91. The summed E-state index contributed by atoms with van der Waals surface area (Å²) in [6.07, 6.45) is 5.23. The van der Waals surface area contributed by atoms with Gasteiger partial charge < -0.3 is 15.5 Å². The maximum Gasteiger partial charge on any atom is 0.321 e. The number of rotatable bonds is 3. The van der Waals surface area contributed by atoms with Gasteiger partial charge in [0.1, 0.15) is 0 Å². The number of nitrogens with one attached hydrogen (secondary N) is 2. The molecule has 1 saturated heterocycles. The van der Waals surface area contributed by atoms with Crippen molar-refractivity contribution in [3.05, 3.63) is 54.4 Å². The van der Waals surface area contributed by atoms with Gasteiger partial charge in [-0.15, -0.1) is 0 Å². The van der Waals surface area contributed by atoms with Crippen molar-refractivity contribution in [2.75, 3.05) is 23.7 Å². The fourth-order valence-electron chi connectivity index (χ4n) is 2.50. The lowest BCUT2D eigenvalue weighted by Crippen LogP contribution is -2.32. The van der Waals surface area contributed by atoms with E-state index < -0.39 is 0 Å². The summed E-state index contributed by atoms with van der Waals surface area (Å²) in [6, 6.07) is 10.4. The number of likely N-dealkylation sites (tertiary alicyclic amines) is 1. The average molecular weight is 310 g/mol. The number of nitrogens with zero attached hydrogens (tertiary/aromatic N) is 2. The molecule has 1 aliphatic heterocycles. The molecule has 118 valence electrons. The highest BCUT2D eigenvalue weighted by molar-refractivity contribution is 6.04. The monoisotopic (exact) mass is 310 g/mol. The lowest BCUT2D eigenvalue weighted by molar-refractivity contribution is 0.102. The fourth-order valence-corrected chi connectivity index (χ4v) is 2.50. The molecule has 1 fully saturated rings. The van der Waals surface area contributed by atoms with E-state index in [2.05, 4.69) is 15.6 Å². The third-order valence-electron chi connectivity index (χ3n) is 3.69. The molecule has 0 saturated carbocycles. The highest BCUT2D eigenvalue weighted by atomic mass is 16.2. The van der Waals surface area contributed by atoms with Crippen LogP contribution < -0.4 is 10.6 Å². The minimum atomic E-state index is -0.235. The van der Waals surface area contributed by atoms with E-state index in [4.69, 9.17) is 0 Å². The molecule has 0 unspecified atom stereocenters. The van der Waals surface area contributed by atoms with Gasteiger partial charge in [0.15, 0.2) is 0 Å². The van der Waals surface area contributed by atoms with Crippen LogP contribution in [0.15, 0.2) is 48.8 Å². The number of anilines is 2. The predicted molar refractivity (Wildman–Crippen MR) is 88.5 cm³/mol. The van der Waals surface area contributed by atoms with Crippen LogP contribution in [-0.4, -0.2) is 34.9 Å². The topological polar surface area (TPSA) is 74.3 Å². The first kappa shape index (κ1) is 15.0. The summed E-state index contributed by atoms with van der Waals surface area (Å²) >= 11 is 0. The number of amides is 3. The standard InChI is InChI=1S/C17H18N4O2/c22-16(13-5-4-8-18-12-13)19-14-6-3-7-15(11-14)20-17(23)21-9-1-2-10-21/h3-8,11-12H,1-2,9-10H2,(H,19,22)(H,20,23). The van der Waals surface area contributed by atoms with Gasteiger partial charge in [0.25, 0.3) is 5.91 Å². The summed E-state index contributed by atoms with van der Waals surface area (Å²) in [5.74, 6) is -0.235. The van der Waals surface area contributed by atoms with Crippen LogP contribution in [0.2, 0.25) is 0 Å². The molecule has 0 atom stereocenters. The normalized spacial score (nSPS) is 13.7. The van der Waals surface area contributed by atoms with Gasteiger partial charge >= 0.3 is 6.03 Å². The Hall–Kier alpha value is -2.89. The lowest BCUT2D eigenvalue weighted by Gasteiger charge is -2.16. The molecule has 0 aliphatic carbocycles. The molecular weight excluding hydrogens is 292 g/mol. The number of hydrogen-bond acceptors (Lipinski definition) is 3. The van der Waals surface area contributed by atoms with Crippen LogP contribution in [0.5, 0.6) is 0 Å². The van der Waals surface area contributed by atoms with E-state index in [0.717, 1.165) is 25.9 Å². The molecule has 0 bridgehead atoms. The summed E-state index contributed by atoms with van der Waals surface area (Å²) in [4.78, 5) is 29.9. The molecule has 1 aliphatic rings. The third-order valence-corrected chi connectivity index (χ3v) is 3.69. The number of aromatic nitrogens is 1. The van der Waals surface area contributed by atoms with Gasteiger partial charge in [-0.25, -0.2) is 4.79 Å². The van der Waals surface area contributed by atoms with Crippen molar-refractivity contribution in [1.29, 1.82) is 0 Å². The molecule has 0 spiro atoms. The summed E-state index contributed by atoms with van der Waals surface area (Å²) in [5, 5.41) is 5.66. The van der Waals surface area contributed by atoms with Crippen LogP contribution >= 0.6 is 0 Å². The molecule has 3 amide bonds. The SMILES string of the molecule is O=C(Nc1cccc(NC(=O)N2CCCC2)c1)c1cccnc1. The number of benzene rings is 1. The van der Waals surface area contributed by atoms with E-state index in [0.29, 0.717) is 16.9 Å². The Kier molecular flexibility index (Phi) is 4.52. The first-order valence-corrected chi connectivity index (χ1v) is 7.60. The Morgan fingerprint density at radius 2 is 1.74 bits per heavy atom. The maximum absolute atomic E-state index is 12.1. The summed E-state index contributed by atoms with van der Waals surface area (Å²) in [5.41, 5.74) is 1.77. The van der Waals surface area contributed by atoms with E-state index in [9.17, 15) is 9.59 Å². The molecular formula is C17H18N4O2. The molecule has 3 rings (SSSR count). The Bertz CT molecular complexity index is 697. The van der Waals surface area contributed by atoms with Gasteiger partial charge in [-0.2, -0.15) is 0 Å². The van der Waals surface area contributed by atoms with Gasteiger partial charge in [-0.3, -0.25) is 9.78 Å². The van der Waals surface area contributed by atoms with Crippen LogP contribution in [0.4, 0.5) is 16.2 Å². The van der Waals surface area contributed by atoms with E-state index in [1.54, 1.807) is 47.5 Å². The van der Waals surface area contributed by atoms with E-state index >= 15 is 0 Å². The number of hydrogen-bond donors (Lipinski definition) is 2. The van der Waals surface area contributed by atoms with Crippen molar-refractivity contribution >= 4 is 23.3 Å². The quantitative estimate of drug-likeness (QED) is 0.915. The summed E-state index contributed by atoms with van der Waals surface area (Å²) in [6.45, 7) is 1.59.